The number of ketones is 2. The van der Waals surface area contributed by atoms with Gasteiger partial charge in [-0.1, -0.05) is 6.92 Å². The van der Waals surface area contributed by atoms with Crippen LogP contribution < -0.4 is 16.4 Å². The summed E-state index contributed by atoms with van der Waals surface area (Å²) in [6, 6.07) is 1.96. The summed E-state index contributed by atoms with van der Waals surface area (Å²) in [7, 11) is 0. The van der Waals surface area contributed by atoms with Gasteiger partial charge in [-0.2, -0.15) is 6.42 Å². The number of carbonyl (C=O) groups excluding carboxylic acids is 2. The van der Waals surface area contributed by atoms with Crippen LogP contribution in [0.3, 0.4) is 0 Å². The fourth-order valence-corrected chi connectivity index (χ4v) is 3.49. The van der Waals surface area contributed by atoms with Gasteiger partial charge in [-0.25, -0.2) is 0 Å². The standard InChI is InChI=1S/C17H22N3O2.Y/c1-4-11(21)6-7-17(5-2)9-13-12(16(17)22)8-10(3)14-15(13)19-20-18-14;/h8,18-20H,2,4-7,9H2,1,3H3;/q-1;. The summed E-state index contributed by atoms with van der Waals surface area (Å²) in [4.78, 5) is 24.7. The topological polar surface area (TPSA) is 70.2 Å². The average molecular weight is 389 g/mol. The van der Waals surface area contributed by atoms with Crippen molar-refractivity contribution in [3.05, 3.63) is 29.7 Å². The second-order valence-electron chi connectivity index (χ2n) is 6.27. The number of nitrogens with one attached hydrogen (secondary N) is 3. The van der Waals surface area contributed by atoms with Crippen molar-refractivity contribution >= 4 is 22.9 Å². The maximum absolute atomic E-state index is 13.0. The van der Waals surface area contributed by atoms with E-state index < -0.39 is 5.41 Å². The van der Waals surface area contributed by atoms with Gasteiger partial charge in [0.2, 0.25) is 0 Å². The van der Waals surface area contributed by atoms with Gasteiger partial charge in [0.1, 0.15) is 5.78 Å². The molecule has 121 valence electrons. The molecule has 0 aromatic heterocycles. The van der Waals surface area contributed by atoms with Gasteiger partial charge >= 0.3 is 0 Å². The minimum Gasteiger partial charge on any atom is -0.342 e. The van der Waals surface area contributed by atoms with Gasteiger partial charge in [0.15, 0.2) is 5.78 Å². The zero-order chi connectivity index (χ0) is 15.9. The van der Waals surface area contributed by atoms with E-state index in [2.05, 4.69) is 23.3 Å². The number of fused-ring (bicyclic) bond motifs is 3. The molecule has 1 aliphatic heterocycles. The summed E-state index contributed by atoms with van der Waals surface area (Å²) in [6.45, 7) is 7.86. The van der Waals surface area contributed by atoms with Gasteiger partial charge in [-0.15, -0.1) is 5.53 Å². The fraction of sp³-hybridized carbons (Fsp3) is 0.471. The molecule has 0 saturated heterocycles. The Balaban J connectivity index is 0.00000192. The van der Waals surface area contributed by atoms with Crippen molar-refractivity contribution in [1.29, 1.82) is 0 Å². The van der Waals surface area contributed by atoms with E-state index in [-0.39, 0.29) is 44.3 Å². The number of benzene rings is 1. The van der Waals surface area contributed by atoms with Crippen molar-refractivity contribution in [2.24, 2.45) is 5.41 Å². The Hall–Kier alpha value is -0.776. The molecule has 0 spiro atoms. The van der Waals surface area contributed by atoms with E-state index >= 15 is 0 Å². The summed E-state index contributed by atoms with van der Waals surface area (Å²) in [5, 5.41) is 0. The van der Waals surface area contributed by atoms with Crippen LogP contribution in [-0.4, -0.2) is 11.6 Å². The molecule has 2 aliphatic rings. The molecule has 23 heavy (non-hydrogen) atoms. The van der Waals surface area contributed by atoms with Crippen LogP contribution in [0.5, 0.6) is 0 Å². The third-order valence-corrected chi connectivity index (χ3v) is 5.00. The Labute approximate surface area is 162 Å². The maximum atomic E-state index is 13.0. The first-order valence-corrected chi connectivity index (χ1v) is 7.81. The molecule has 1 heterocycles. The van der Waals surface area contributed by atoms with Crippen LogP contribution in [0.1, 0.15) is 54.1 Å². The SMILES string of the molecule is [CH2-]CC1(CCC(=O)CC)Cc2c(cc(C)c3c2NNN3)C1=O.[Y]. The van der Waals surface area contributed by atoms with E-state index in [0.717, 1.165) is 28.1 Å². The van der Waals surface area contributed by atoms with Crippen molar-refractivity contribution in [3.8, 4) is 0 Å². The minimum atomic E-state index is -0.529. The van der Waals surface area contributed by atoms with E-state index in [1.807, 2.05) is 19.9 Å². The Morgan fingerprint density at radius 3 is 2.70 bits per heavy atom. The number of carbonyl (C=O) groups is 2. The summed E-state index contributed by atoms with van der Waals surface area (Å²) in [5.74, 6) is 0.348. The number of hydrogen-bond donors (Lipinski definition) is 3. The van der Waals surface area contributed by atoms with E-state index in [0.29, 0.717) is 32.1 Å². The maximum Gasteiger partial charge on any atom is 0.167 e. The van der Waals surface area contributed by atoms with E-state index in [1.54, 1.807) is 0 Å². The van der Waals surface area contributed by atoms with E-state index in [1.165, 1.54) is 0 Å². The van der Waals surface area contributed by atoms with Gasteiger partial charge in [-0.3, -0.25) is 9.59 Å². The second-order valence-corrected chi connectivity index (χ2v) is 6.27. The van der Waals surface area contributed by atoms with Gasteiger partial charge in [0, 0.05) is 56.5 Å². The molecule has 1 aliphatic carbocycles. The van der Waals surface area contributed by atoms with Crippen LogP contribution in [0.15, 0.2) is 6.07 Å². The number of aryl methyl sites for hydroxylation is 1. The Morgan fingerprint density at radius 1 is 1.35 bits per heavy atom. The first kappa shape index (κ1) is 18.6. The van der Waals surface area contributed by atoms with Crippen LogP contribution in [0, 0.1) is 19.3 Å². The predicted molar refractivity (Wildman–Crippen MR) is 86.5 cm³/mol. The normalized spacial score (nSPS) is 21.1. The van der Waals surface area contributed by atoms with Gasteiger partial charge < -0.3 is 17.8 Å². The summed E-state index contributed by atoms with van der Waals surface area (Å²) >= 11 is 0. The van der Waals surface area contributed by atoms with Gasteiger partial charge in [0.05, 0.1) is 11.4 Å². The van der Waals surface area contributed by atoms with Crippen LogP contribution in [-0.2, 0) is 43.9 Å². The van der Waals surface area contributed by atoms with Crippen molar-refractivity contribution in [3.63, 3.8) is 0 Å². The molecule has 1 radical (unpaired) electrons. The molecule has 3 N–H and O–H groups in total. The molecular formula is C17H22N3O2Y-. The van der Waals surface area contributed by atoms with Crippen molar-refractivity contribution in [2.75, 3.05) is 10.9 Å². The van der Waals surface area contributed by atoms with Crippen molar-refractivity contribution in [2.45, 2.75) is 46.0 Å². The molecular weight excluding hydrogens is 367 g/mol. The Morgan fingerprint density at radius 2 is 2.04 bits per heavy atom. The number of hydrazine groups is 2. The monoisotopic (exact) mass is 389 g/mol. The molecule has 3 rings (SSSR count). The van der Waals surface area contributed by atoms with Crippen molar-refractivity contribution in [1.82, 2.24) is 5.53 Å². The molecule has 1 atom stereocenters. The summed E-state index contributed by atoms with van der Waals surface area (Å²) in [6.07, 6.45) is 2.74. The molecule has 1 aromatic rings. The van der Waals surface area contributed by atoms with Crippen LogP contribution in [0.25, 0.3) is 0 Å². The number of hydrogen-bond acceptors (Lipinski definition) is 5. The Kier molecular flexibility index (Phi) is 5.65. The molecule has 1 unspecified atom stereocenters. The average Bonchev–Trinajstić information content (AvgIpc) is 3.11. The number of anilines is 2. The third-order valence-electron chi connectivity index (χ3n) is 5.00. The summed E-state index contributed by atoms with van der Waals surface area (Å²) in [5.41, 5.74) is 13.3. The summed E-state index contributed by atoms with van der Waals surface area (Å²) < 4.78 is 0. The number of Topliss-reactive ketones (excluding diaryl/α,β-unsaturated/α-hetero) is 2. The second kappa shape index (κ2) is 7.00. The fourth-order valence-electron chi connectivity index (χ4n) is 3.49. The quantitative estimate of drug-likeness (QED) is 0.676. The molecule has 6 heteroatoms. The first-order valence-electron chi connectivity index (χ1n) is 7.81. The van der Waals surface area contributed by atoms with Crippen LogP contribution in [0.4, 0.5) is 11.4 Å². The molecule has 1 aromatic carbocycles. The van der Waals surface area contributed by atoms with E-state index in [9.17, 15) is 9.59 Å². The van der Waals surface area contributed by atoms with Gasteiger partial charge in [-0.05, 0) is 37.0 Å². The first-order chi connectivity index (χ1) is 10.5. The molecule has 0 saturated carbocycles. The largest absolute Gasteiger partial charge is 0.342 e. The molecule has 0 fully saturated rings. The smallest absolute Gasteiger partial charge is 0.167 e. The van der Waals surface area contributed by atoms with Crippen molar-refractivity contribution < 1.29 is 42.3 Å². The molecule has 0 amide bonds. The van der Waals surface area contributed by atoms with Crippen LogP contribution >= 0.6 is 0 Å². The minimum absolute atomic E-state index is 0. The Bertz CT molecular complexity index is 660. The zero-order valence-electron chi connectivity index (χ0n) is 13.7. The molecule has 0 bridgehead atoms. The number of rotatable bonds is 5. The zero-order valence-corrected chi connectivity index (χ0v) is 16.6. The molecule has 5 nitrogen and oxygen atoms in total. The predicted octanol–water partition coefficient (Wildman–Crippen LogP) is 2.96. The van der Waals surface area contributed by atoms with Gasteiger partial charge in [0.25, 0.3) is 0 Å². The van der Waals surface area contributed by atoms with Crippen LogP contribution in [0.2, 0.25) is 0 Å². The van der Waals surface area contributed by atoms with E-state index in [4.69, 9.17) is 0 Å². The third kappa shape index (κ3) is 2.99.